The molecular formula is C9H17NO2. The lowest BCUT2D eigenvalue weighted by Crippen LogP contribution is -2.19. The van der Waals surface area contributed by atoms with E-state index in [1.54, 1.807) is 6.08 Å². The number of rotatable bonds is 6. The quantitative estimate of drug-likeness (QED) is 0.467. The molecule has 0 heterocycles. The fourth-order valence-corrected chi connectivity index (χ4v) is 0.723. The molecule has 0 aromatic carbocycles. The molecule has 0 spiro atoms. The van der Waals surface area contributed by atoms with E-state index in [1.165, 1.54) is 0 Å². The lowest BCUT2D eigenvalue weighted by Gasteiger charge is -2.03. The second-order valence-corrected chi connectivity index (χ2v) is 3.12. The van der Waals surface area contributed by atoms with Gasteiger partial charge in [-0.05, 0) is 12.5 Å². The second kappa shape index (κ2) is 6.85. The van der Waals surface area contributed by atoms with Crippen LogP contribution in [-0.4, -0.2) is 24.2 Å². The predicted molar refractivity (Wildman–Crippen MR) is 49.1 cm³/mol. The molecule has 0 radical (unpaired) electrons. The molecule has 0 fully saturated rings. The van der Waals surface area contributed by atoms with Gasteiger partial charge in [0.25, 0.3) is 0 Å². The summed E-state index contributed by atoms with van der Waals surface area (Å²) < 4.78 is 0. The largest absolute Gasteiger partial charge is 0.481 e. The third-order valence-electron chi connectivity index (χ3n) is 1.27. The predicted octanol–water partition coefficient (Wildman–Crippen LogP) is 1.26. The molecule has 12 heavy (non-hydrogen) atoms. The zero-order valence-electron chi connectivity index (χ0n) is 7.71. The van der Waals surface area contributed by atoms with Crippen LogP contribution >= 0.6 is 0 Å². The van der Waals surface area contributed by atoms with Gasteiger partial charge in [0.2, 0.25) is 0 Å². The van der Waals surface area contributed by atoms with E-state index in [2.05, 4.69) is 19.2 Å². The van der Waals surface area contributed by atoms with Crippen LogP contribution in [0.5, 0.6) is 0 Å². The van der Waals surface area contributed by atoms with Gasteiger partial charge in [0.1, 0.15) is 0 Å². The van der Waals surface area contributed by atoms with Crippen LogP contribution in [0.2, 0.25) is 0 Å². The van der Waals surface area contributed by atoms with Gasteiger partial charge in [0.05, 0.1) is 6.42 Å². The van der Waals surface area contributed by atoms with Gasteiger partial charge < -0.3 is 10.4 Å². The van der Waals surface area contributed by atoms with Crippen molar-refractivity contribution in [2.75, 3.05) is 13.1 Å². The lowest BCUT2D eigenvalue weighted by molar-refractivity contribution is -0.136. The first-order valence-corrected chi connectivity index (χ1v) is 4.20. The molecule has 0 saturated heterocycles. The first kappa shape index (κ1) is 11.2. The summed E-state index contributed by atoms with van der Waals surface area (Å²) >= 11 is 0. The summed E-state index contributed by atoms with van der Waals surface area (Å²) in [6.45, 7) is 5.99. The van der Waals surface area contributed by atoms with Crippen LogP contribution in [0.15, 0.2) is 12.2 Å². The lowest BCUT2D eigenvalue weighted by atomic mass is 10.2. The minimum absolute atomic E-state index is 0.114. The van der Waals surface area contributed by atoms with E-state index < -0.39 is 5.97 Å². The standard InChI is InChI=1S/C9H17NO2/c1-8(2)7-10-6-4-3-5-9(11)12/h3-4,8,10H,5-7H2,1-2H3,(H,11,12). The molecule has 3 nitrogen and oxygen atoms in total. The first-order chi connectivity index (χ1) is 5.63. The van der Waals surface area contributed by atoms with E-state index >= 15 is 0 Å². The highest BCUT2D eigenvalue weighted by Crippen LogP contribution is 1.86. The van der Waals surface area contributed by atoms with Crippen LogP contribution in [0.3, 0.4) is 0 Å². The average molecular weight is 171 g/mol. The van der Waals surface area contributed by atoms with Gasteiger partial charge in [-0.2, -0.15) is 0 Å². The van der Waals surface area contributed by atoms with Crippen LogP contribution < -0.4 is 5.32 Å². The van der Waals surface area contributed by atoms with Crippen molar-refractivity contribution < 1.29 is 9.90 Å². The molecule has 70 valence electrons. The van der Waals surface area contributed by atoms with Crippen molar-refractivity contribution in [2.24, 2.45) is 5.92 Å². The molecule has 3 heteroatoms. The van der Waals surface area contributed by atoms with Crippen LogP contribution in [0.1, 0.15) is 20.3 Å². The Labute approximate surface area is 73.5 Å². The maximum atomic E-state index is 10.1. The Morgan fingerprint density at radius 3 is 2.67 bits per heavy atom. The van der Waals surface area contributed by atoms with Gasteiger partial charge >= 0.3 is 5.97 Å². The van der Waals surface area contributed by atoms with Crippen molar-refractivity contribution in [3.05, 3.63) is 12.2 Å². The number of nitrogens with one attached hydrogen (secondary N) is 1. The number of aliphatic carboxylic acids is 1. The number of carboxylic acids is 1. The Kier molecular flexibility index (Phi) is 6.38. The Balaban J connectivity index is 3.19. The third-order valence-corrected chi connectivity index (χ3v) is 1.27. The molecule has 0 aromatic rings. The zero-order chi connectivity index (χ0) is 9.40. The van der Waals surface area contributed by atoms with Crippen LogP contribution in [0, 0.1) is 5.92 Å². The van der Waals surface area contributed by atoms with Crippen molar-refractivity contribution in [3.8, 4) is 0 Å². The Morgan fingerprint density at radius 1 is 1.50 bits per heavy atom. The SMILES string of the molecule is CC(C)CNCC=CCC(=O)O. The summed E-state index contributed by atoms with van der Waals surface area (Å²) in [6, 6.07) is 0. The fraction of sp³-hybridized carbons (Fsp3) is 0.667. The Bertz CT molecular complexity index is 153. The van der Waals surface area contributed by atoms with Crippen molar-refractivity contribution in [1.82, 2.24) is 5.32 Å². The van der Waals surface area contributed by atoms with E-state index in [-0.39, 0.29) is 6.42 Å². The summed E-state index contributed by atoms with van der Waals surface area (Å²) in [5.41, 5.74) is 0. The molecule has 0 unspecified atom stereocenters. The van der Waals surface area contributed by atoms with E-state index in [0.717, 1.165) is 13.1 Å². The van der Waals surface area contributed by atoms with Crippen molar-refractivity contribution in [2.45, 2.75) is 20.3 Å². The van der Waals surface area contributed by atoms with E-state index in [4.69, 9.17) is 5.11 Å². The van der Waals surface area contributed by atoms with Crippen LogP contribution in [0.4, 0.5) is 0 Å². The highest BCUT2D eigenvalue weighted by Gasteiger charge is 1.90. The molecule has 0 aliphatic rings. The molecule has 0 bridgehead atoms. The smallest absolute Gasteiger partial charge is 0.307 e. The number of hydrogen-bond acceptors (Lipinski definition) is 2. The molecule has 2 N–H and O–H groups in total. The fourth-order valence-electron chi connectivity index (χ4n) is 0.723. The van der Waals surface area contributed by atoms with E-state index in [9.17, 15) is 4.79 Å². The highest BCUT2D eigenvalue weighted by atomic mass is 16.4. The monoisotopic (exact) mass is 171 g/mol. The van der Waals surface area contributed by atoms with Crippen LogP contribution in [-0.2, 0) is 4.79 Å². The maximum absolute atomic E-state index is 10.1. The highest BCUT2D eigenvalue weighted by molar-refractivity contribution is 5.68. The molecule has 0 rings (SSSR count). The van der Waals surface area contributed by atoms with Gasteiger partial charge in [0, 0.05) is 6.54 Å². The number of hydrogen-bond donors (Lipinski definition) is 2. The average Bonchev–Trinajstić information content (AvgIpc) is 1.95. The van der Waals surface area contributed by atoms with Crippen LogP contribution in [0.25, 0.3) is 0 Å². The van der Waals surface area contributed by atoms with Gasteiger partial charge in [0.15, 0.2) is 0 Å². The van der Waals surface area contributed by atoms with E-state index in [1.807, 2.05) is 6.08 Å². The molecule has 0 atom stereocenters. The van der Waals surface area contributed by atoms with Gasteiger partial charge in [-0.1, -0.05) is 26.0 Å². The Hall–Kier alpha value is -0.830. The second-order valence-electron chi connectivity index (χ2n) is 3.12. The Morgan fingerprint density at radius 2 is 2.17 bits per heavy atom. The minimum atomic E-state index is -0.782. The summed E-state index contributed by atoms with van der Waals surface area (Å²) in [5, 5.41) is 11.5. The minimum Gasteiger partial charge on any atom is -0.481 e. The zero-order valence-corrected chi connectivity index (χ0v) is 7.71. The molecule has 0 aliphatic carbocycles. The summed E-state index contributed by atoms with van der Waals surface area (Å²) in [5.74, 6) is -0.145. The molecule has 0 aromatic heterocycles. The van der Waals surface area contributed by atoms with Gasteiger partial charge in [-0.15, -0.1) is 0 Å². The molecule has 0 amide bonds. The molecule has 0 aliphatic heterocycles. The summed E-state index contributed by atoms with van der Waals surface area (Å²) in [4.78, 5) is 10.1. The number of carboxylic acid groups (broad SMARTS) is 1. The summed E-state index contributed by atoms with van der Waals surface area (Å²) in [6.07, 6.45) is 3.62. The topological polar surface area (TPSA) is 49.3 Å². The van der Waals surface area contributed by atoms with Gasteiger partial charge in [-0.25, -0.2) is 0 Å². The number of carbonyl (C=O) groups is 1. The normalized spacial score (nSPS) is 11.2. The van der Waals surface area contributed by atoms with Crippen molar-refractivity contribution in [1.29, 1.82) is 0 Å². The molecule has 0 saturated carbocycles. The van der Waals surface area contributed by atoms with Crippen molar-refractivity contribution in [3.63, 3.8) is 0 Å². The van der Waals surface area contributed by atoms with Gasteiger partial charge in [-0.3, -0.25) is 4.79 Å². The van der Waals surface area contributed by atoms with E-state index in [0.29, 0.717) is 5.92 Å². The molecular weight excluding hydrogens is 154 g/mol. The van der Waals surface area contributed by atoms with Crippen molar-refractivity contribution >= 4 is 5.97 Å². The summed E-state index contributed by atoms with van der Waals surface area (Å²) in [7, 11) is 0. The maximum Gasteiger partial charge on any atom is 0.307 e. The third kappa shape index (κ3) is 9.17. The first-order valence-electron chi connectivity index (χ1n) is 4.20.